The highest BCUT2D eigenvalue weighted by atomic mass is 16.3. The third-order valence-corrected chi connectivity index (χ3v) is 4.33. The van der Waals surface area contributed by atoms with Crippen molar-refractivity contribution in [1.82, 2.24) is 4.90 Å². The first-order chi connectivity index (χ1) is 6.97. The Kier molecular flexibility index (Phi) is 2.85. The van der Waals surface area contributed by atoms with Crippen LogP contribution in [0.2, 0.25) is 0 Å². The van der Waals surface area contributed by atoms with Crippen LogP contribution in [0.15, 0.2) is 0 Å². The van der Waals surface area contributed by atoms with E-state index in [2.05, 4.69) is 25.7 Å². The third kappa shape index (κ3) is 2.07. The lowest BCUT2D eigenvalue weighted by atomic mass is 9.62. The van der Waals surface area contributed by atoms with Crippen LogP contribution in [0.4, 0.5) is 0 Å². The van der Waals surface area contributed by atoms with Crippen LogP contribution >= 0.6 is 0 Å². The molecule has 2 fully saturated rings. The molecule has 1 aliphatic carbocycles. The second-order valence-electron chi connectivity index (χ2n) is 6.65. The van der Waals surface area contributed by atoms with Crippen molar-refractivity contribution in [1.29, 1.82) is 0 Å². The van der Waals surface area contributed by atoms with E-state index < -0.39 is 0 Å². The molecular formula is C13H25NO. The van der Waals surface area contributed by atoms with E-state index in [0.29, 0.717) is 23.5 Å². The van der Waals surface area contributed by atoms with Gasteiger partial charge in [0, 0.05) is 25.7 Å². The maximum absolute atomic E-state index is 9.14. The number of aliphatic hydroxyl groups excluding tert-OH is 1. The molecule has 1 N–H and O–H groups in total. The molecule has 1 saturated heterocycles. The fourth-order valence-corrected chi connectivity index (χ4v) is 3.31. The third-order valence-electron chi connectivity index (χ3n) is 4.33. The molecule has 2 heteroatoms. The van der Waals surface area contributed by atoms with Crippen LogP contribution in [0, 0.1) is 10.8 Å². The lowest BCUT2D eigenvalue weighted by Crippen LogP contribution is -2.64. The summed E-state index contributed by atoms with van der Waals surface area (Å²) < 4.78 is 0. The van der Waals surface area contributed by atoms with Crippen LogP contribution in [0.1, 0.15) is 46.5 Å². The molecule has 1 saturated carbocycles. The zero-order valence-corrected chi connectivity index (χ0v) is 10.4. The van der Waals surface area contributed by atoms with Gasteiger partial charge in [-0.05, 0) is 30.1 Å². The maximum atomic E-state index is 9.14. The van der Waals surface area contributed by atoms with Gasteiger partial charge in [0.25, 0.3) is 0 Å². The summed E-state index contributed by atoms with van der Waals surface area (Å²) in [5.41, 5.74) is 1.01. The van der Waals surface area contributed by atoms with Crippen LogP contribution in [-0.2, 0) is 0 Å². The molecule has 1 unspecified atom stereocenters. The Hall–Kier alpha value is -0.0800. The monoisotopic (exact) mass is 211 g/mol. The van der Waals surface area contributed by atoms with E-state index in [1.165, 1.54) is 32.4 Å². The van der Waals surface area contributed by atoms with E-state index >= 15 is 0 Å². The van der Waals surface area contributed by atoms with Gasteiger partial charge in [-0.3, -0.25) is 4.90 Å². The highest BCUT2D eigenvalue weighted by Crippen LogP contribution is 2.50. The Morgan fingerprint density at radius 2 is 1.87 bits per heavy atom. The van der Waals surface area contributed by atoms with Gasteiger partial charge in [0.1, 0.15) is 0 Å². The molecule has 2 rings (SSSR count). The van der Waals surface area contributed by atoms with Crippen molar-refractivity contribution in [3.05, 3.63) is 0 Å². The average molecular weight is 211 g/mol. The van der Waals surface area contributed by atoms with Crippen LogP contribution in [0.25, 0.3) is 0 Å². The Balaban J connectivity index is 1.90. The summed E-state index contributed by atoms with van der Waals surface area (Å²) >= 11 is 0. The summed E-state index contributed by atoms with van der Waals surface area (Å²) in [6.07, 6.45) is 5.26. The minimum absolute atomic E-state index is 0.300. The van der Waals surface area contributed by atoms with Gasteiger partial charge in [-0.2, -0.15) is 0 Å². The Bertz CT molecular complexity index is 219. The van der Waals surface area contributed by atoms with Crippen molar-refractivity contribution in [3.8, 4) is 0 Å². The summed E-state index contributed by atoms with van der Waals surface area (Å²) in [6, 6.07) is 0.564. The van der Waals surface area contributed by atoms with Crippen molar-refractivity contribution >= 4 is 0 Å². The predicted octanol–water partition coefficient (Wildman–Crippen LogP) is 2.27. The second kappa shape index (κ2) is 3.74. The molecule has 88 valence electrons. The molecule has 1 atom stereocenters. The first kappa shape index (κ1) is 11.4. The molecule has 2 nitrogen and oxygen atoms in total. The number of hydrogen-bond acceptors (Lipinski definition) is 2. The standard InChI is InChI=1S/C13H25NO/c1-12(2,3)11(5-8-15)14-9-13(10-14)6-4-7-13/h11,15H,4-10H2,1-3H3. The summed E-state index contributed by atoms with van der Waals surface area (Å²) in [7, 11) is 0. The number of hydrogen-bond donors (Lipinski definition) is 1. The highest BCUT2D eigenvalue weighted by Gasteiger charge is 2.50. The van der Waals surface area contributed by atoms with Crippen molar-refractivity contribution in [3.63, 3.8) is 0 Å². The van der Waals surface area contributed by atoms with Crippen LogP contribution in [0.5, 0.6) is 0 Å². The molecule has 0 aromatic rings. The molecule has 15 heavy (non-hydrogen) atoms. The zero-order chi connectivity index (χ0) is 11.1. The normalized spacial score (nSPS) is 27.2. The Morgan fingerprint density at radius 1 is 1.27 bits per heavy atom. The number of likely N-dealkylation sites (tertiary alicyclic amines) is 1. The van der Waals surface area contributed by atoms with Crippen LogP contribution < -0.4 is 0 Å². The smallest absolute Gasteiger partial charge is 0.0446 e. The van der Waals surface area contributed by atoms with Gasteiger partial charge in [-0.1, -0.05) is 27.2 Å². The minimum Gasteiger partial charge on any atom is -0.396 e. The fourth-order valence-electron chi connectivity index (χ4n) is 3.31. The van der Waals surface area contributed by atoms with Gasteiger partial charge in [-0.25, -0.2) is 0 Å². The van der Waals surface area contributed by atoms with Crippen molar-refractivity contribution in [2.45, 2.75) is 52.5 Å². The van der Waals surface area contributed by atoms with E-state index in [1.54, 1.807) is 0 Å². The molecule has 0 bridgehead atoms. The summed E-state index contributed by atoms with van der Waals surface area (Å²) in [6.45, 7) is 9.77. The second-order valence-corrected chi connectivity index (χ2v) is 6.65. The highest BCUT2D eigenvalue weighted by molar-refractivity contribution is 5.03. The fraction of sp³-hybridized carbons (Fsp3) is 1.00. The SMILES string of the molecule is CC(C)(C)C(CCO)N1CC2(CCC2)C1. The van der Waals surface area contributed by atoms with Gasteiger partial charge < -0.3 is 5.11 Å². The largest absolute Gasteiger partial charge is 0.396 e. The van der Waals surface area contributed by atoms with Crippen LogP contribution in [-0.4, -0.2) is 35.7 Å². The summed E-state index contributed by atoms with van der Waals surface area (Å²) in [5, 5.41) is 9.14. The lowest BCUT2D eigenvalue weighted by molar-refractivity contribution is -0.109. The molecular weight excluding hydrogens is 186 g/mol. The van der Waals surface area contributed by atoms with E-state index in [-0.39, 0.29) is 0 Å². The molecule has 1 heterocycles. The number of nitrogens with zero attached hydrogens (tertiary/aromatic N) is 1. The summed E-state index contributed by atoms with van der Waals surface area (Å²) in [5.74, 6) is 0. The number of rotatable bonds is 3. The van der Waals surface area contributed by atoms with Crippen molar-refractivity contribution < 1.29 is 5.11 Å². The van der Waals surface area contributed by atoms with E-state index in [1.807, 2.05) is 0 Å². The maximum Gasteiger partial charge on any atom is 0.0446 e. The molecule has 0 aromatic heterocycles. The Morgan fingerprint density at radius 3 is 2.20 bits per heavy atom. The van der Waals surface area contributed by atoms with Gasteiger partial charge in [0.05, 0.1) is 0 Å². The topological polar surface area (TPSA) is 23.5 Å². The van der Waals surface area contributed by atoms with E-state index in [4.69, 9.17) is 5.11 Å². The van der Waals surface area contributed by atoms with Crippen molar-refractivity contribution in [2.75, 3.05) is 19.7 Å². The lowest BCUT2D eigenvalue weighted by Gasteiger charge is -2.60. The minimum atomic E-state index is 0.300. The quantitative estimate of drug-likeness (QED) is 0.774. The molecule has 0 aromatic carbocycles. The average Bonchev–Trinajstić information content (AvgIpc) is 1.95. The van der Waals surface area contributed by atoms with Gasteiger partial charge >= 0.3 is 0 Å². The van der Waals surface area contributed by atoms with Gasteiger partial charge in [0.15, 0.2) is 0 Å². The van der Waals surface area contributed by atoms with Crippen LogP contribution in [0.3, 0.4) is 0 Å². The number of aliphatic hydroxyl groups is 1. The van der Waals surface area contributed by atoms with Gasteiger partial charge in [-0.15, -0.1) is 0 Å². The molecule has 2 aliphatic rings. The zero-order valence-electron chi connectivity index (χ0n) is 10.4. The van der Waals surface area contributed by atoms with E-state index in [0.717, 1.165) is 6.42 Å². The first-order valence-electron chi connectivity index (χ1n) is 6.32. The molecule has 1 spiro atoms. The summed E-state index contributed by atoms with van der Waals surface area (Å²) in [4.78, 5) is 2.59. The van der Waals surface area contributed by atoms with E-state index in [9.17, 15) is 0 Å². The van der Waals surface area contributed by atoms with Gasteiger partial charge in [0.2, 0.25) is 0 Å². The molecule has 0 amide bonds. The Labute approximate surface area is 93.7 Å². The molecule has 1 aliphatic heterocycles. The molecule has 0 radical (unpaired) electrons. The first-order valence-corrected chi connectivity index (χ1v) is 6.32. The predicted molar refractivity (Wildman–Crippen MR) is 62.8 cm³/mol. The van der Waals surface area contributed by atoms with Crippen molar-refractivity contribution in [2.24, 2.45) is 10.8 Å².